The van der Waals surface area contributed by atoms with Gasteiger partial charge in [0.2, 0.25) is 5.91 Å². The summed E-state index contributed by atoms with van der Waals surface area (Å²) in [5, 5.41) is 12.1. The van der Waals surface area contributed by atoms with Crippen molar-refractivity contribution in [3.8, 4) is 0 Å². The zero-order chi connectivity index (χ0) is 22.6. The highest BCUT2D eigenvalue weighted by Crippen LogP contribution is 2.24. The summed E-state index contributed by atoms with van der Waals surface area (Å²) in [7, 11) is -1.06. The number of hydrogen-bond donors (Lipinski definition) is 1. The van der Waals surface area contributed by atoms with E-state index < -0.39 is 9.84 Å². The minimum atomic E-state index is -2.91. The molecule has 1 atom stereocenters. The molecular weight excluding hydrogens is 444 g/mol. The first-order valence-electron chi connectivity index (χ1n) is 10.5. The smallest absolute Gasteiger partial charge is 0.234 e. The number of carbonyl (C=O) groups excluding carboxylic acids is 1. The predicted molar refractivity (Wildman–Crippen MR) is 127 cm³/mol. The monoisotopic (exact) mass is 470 g/mol. The van der Waals surface area contributed by atoms with Gasteiger partial charge in [-0.1, -0.05) is 60.3 Å². The molecule has 2 aromatic carbocycles. The van der Waals surface area contributed by atoms with Crippen molar-refractivity contribution >= 4 is 33.2 Å². The van der Waals surface area contributed by atoms with Gasteiger partial charge in [0.05, 0.1) is 17.3 Å². The van der Waals surface area contributed by atoms with Crippen molar-refractivity contribution in [1.29, 1.82) is 0 Å². The zero-order valence-corrected chi connectivity index (χ0v) is 19.5. The van der Waals surface area contributed by atoms with Gasteiger partial charge >= 0.3 is 0 Å². The summed E-state index contributed by atoms with van der Waals surface area (Å²) in [6.45, 7) is 0. The molecule has 1 aromatic heterocycles. The maximum absolute atomic E-state index is 12.6. The second-order valence-electron chi connectivity index (χ2n) is 8.09. The maximum Gasteiger partial charge on any atom is 0.234 e. The van der Waals surface area contributed by atoms with E-state index in [1.54, 1.807) is 0 Å². The van der Waals surface area contributed by atoms with Crippen LogP contribution in [0.4, 0.5) is 5.69 Å². The largest absolute Gasteiger partial charge is 0.325 e. The molecule has 0 unspecified atom stereocenters. The summed E-state index contributed by atoms with van der Waals surface area (Å²) in [6, 6.07) is 18.0. The van der Waals surface area contributed by atoms with Gasteiger partial charge in [-0.05, 0) is 36.0 Å². The number of rotatable bonds is 8. The van der Waals surface area contributed by atoms with Gasteiger partial charge in [-0.2, -0.15) is 0 Å². The van der Waals surface area contributed by atoms with E-state index in [0.29, 0.717) is 18.0 Å². The molecule has 1 N–H and O–H groups in total. The summed E-state index contributed by atoms with van der Waals surface area (Å²) in [4.78, 5) is 12.6. The van der Waals surface area contributed by atoms with Gasteiger partial charge in [0, 0.05) is 19.2 Å². The quantitative estimate of drug-likeness (QED) is 0.509. The number of nitrogens with zero attached hydrogens (tertiary/aromatic N) is 3. The number of anilines is 1. The van der Waals surface area contributed by atoms with Crippen molar-refractivity contribution in [3.05, 3.63) is 71.5 Å². The zero-order valence-electron chi connectivity index (χ0n) is 17.9. The fraction of sp³-hybridized carbons (Fsp3) is 0.348. The average Bonchev–Trinajstić information content (AvgIpc) is 3.30. The van der Waals surface area contributed by atoms with Gasteiger partial charge < -0.3 is 9.88 Å². The van der Waals surface area contributed by atoms with E-state index >= 15 is 0 Å². The molecule has 1 aliphatic heterocycles. The Labute approximate surface area is 192 Å². The Bertz CT molecular complexity index is 1190. The first-order valence-corrected chi connectivity index (χ1v) is 13.3. The average molecular weight is 471 g/mol. The fourth-order valence-corrected chi connectivity index (χ4v) is 6.46. The van der Waals surface area contributed by atoms with Crippen LogP contribution >= 0.6 is 11.8 Å². The Morgan fingerprint density at radius 1 is 1.12 bits per heavy atom. The number of hydrogen-bond acceptors (Lipinski definition) is 6. The molecule has 0 bridgehead atoms. The van der Waals surface area contributed by atoms with E-state index in [2.05, 4.69) is 27.6 Å². The Morgan fingerprint density at radius 2 is 1.88 bits per heavy atom. The van der Waals surface area contributed by atoms with Gasteiger partial charge in [0.1, 0.15) is 5.82 Å². The second-order valence-corrected chi connectivity index (χ2v) is 11.3. The van der Waals surface area contributed by atoms with Crippen LogP contribution in [0.3, 0.4) is 0 Å². The summed E-state index contributed by atoms with van der Waals surface area (Å²) >= 11 is 1.32. The predicted octanol–water partition coefficient (Wildman–Crippen LogP) is 3.11. The molecule has 0 saturated carbocycles. The third-order valence-corrected chi connectivity index (χ3v) is 8.44. The normalized spacial score (nSPS) is 17.3. The third kappa shape index (κ3) is 5.77. The first kappa shape index (κ1) is 22.5. The first-order chi connectivity index (χ1) is 15.4. The Hall–Kier alpha value is -2.65. The molecule has 7 nitrogen and oxygen atoms in total. The summed E-state index contributed by atoms with van der Waals surface area (Å²) < 4.78 is 25.2. The molecule has 1 saturated heterocycles. The number of para-hydroxylation sites is 1. The number of thioether (sulfide) groups is 1. The van der Waals surface area contributed by atoms with Crippen LogP contribution in [0.1, 0.15) is 23.4 Å². The van der Waals surface area contributed by atoms with Crippen molar-refractivity contribution in [2.24, 2.45) is 13.0 Å². The molecule has 2 heterocycles. The van der Waals surface area contributed by atoms with Crippen molar-refractivity contribution < 1.29 is 13.2 Å². The number of sulfone groups is 1. The molecule has 1 amide bonds. The summed E-state index contributed by atoms with van der Waals surface area (Å²) in [5.74, 6) is 1.41. The number of nitrogens with one attached hydrogen (secondary N) is 1. The van der Waals surface area contributed by atoms with Crippen LogP contribution in [-0.2, 0) is 34.5 Å². The Balaban J connectivity index is 1.34. The van der Waals surface area contributed by atoms with Crippen LogP contribution in [0.2, 0.25) is 0 Å². The van der Waals surface area contributed by atoms with Crippen LogP contribution in [0.25, 0.3) is 0 Å². The van der Waals surface area contributed by atoms with Crippen LogP contribution in [0.15, 0.2) is 59.8 Å². The molecule has 32 heavy (non-hydrogen) atoms. The van der Waals surface area contributed by atoms with Crippen molar-refractivity contribution in [2.75, 3.05) is 22.6 Å². The minimum absolute atomic E-state index is 0.0881. The lowest BCUT2D eigenvalue weighted by Gasteiger charge is -2.11. The summed E-state index contributed by atoms with van der Waals surface area (Å²) in [5.41, 5.74) is 3.05. The Kier molecular flexibility index (Phi) is 6.95. The second kappa shape index (κ2) is 9.87. The molecule has 0 spiro atoms. The minimum Gasteiger partial charge on any atom is -0.325 e. The number of amides is 1. The highest BCUT2D eigenvalue weighted by atomic mass is 32.2. The van der Waals surface area contributed by atoms with E-state index in [-0.39, 0.29) is 29.1 Å². The fourth-order valence-electron chi connectivity index (χ4n) is 3.87. The van der Waals surface area contributed by atoms with E-state index in [0.717, 1.165) is 23.5 Å². The molecule has 3 aromatic rings. The van der Waals surface area contributed by atoms with Gasteiger partial charge in [-0.25, -0.2) is 8.42 Å². The van der Waals surface area contributed by atoms with E-state index in [9.17, 15) is 13.2 Å². The standard InChI is InChI=1S/C23H26N4O3S2/c1-27-21(14-18-11-12-32(29,30)16-18)25-26-23(27)31-15-22(28)24-20-10-6-5-9-19(20)13-17-7-3-2-4-8-17/h2-10,18H,11-16H2,1H3,(H,24,28)/t18-/m0/s1. The summed E-state index contributed by atoms with van der Waals surface area (Å²) in [6.07, 6.45) is 2.00. The molecular formula is C23H26N4O3S2. The number of benzene rings is 2. The molecule has 0 aliphatic carbocycles. The molecule has 1 fully saturated rings. The maximum atomic E-state index is 12.6. The molecule has 1 aliphatic rings. The van der Waals surface area contributed by atoms with Crippen molar-refractivity contribution in [2.45, 2.75) is 24.4 Å². The van der Waals surface area contributed by atoms with Crippen LogP contribution < -0.4 is 5.32 Å². The van der Waals surface area contributed by atoms with Crippen molar-refractivity contribution in [1.82, 2.24) is 14.8 Å². The molecule has 0 radical (unpaired) electrons. The van der Waals surface area contributed by atoms with Gasteiger partial charge in [0.25, 0.3) is 0 Å². The number of aromatic nitrogens is 3. The molecule has 9 heteroatoms. The van der Waals surface area contributed by atoms with Gasteiger partial charge in [0.15, 0.2) is 15.0 Å². The SMILES string of the molecule is Cn1c(C[C@@H]2CCS(=O)(=O)C2)nnc1SCC(=O)Nc1ccccc1Cc1ccccc1. The highest BCUT2D eigenvalue weighted by molar-refractivity contribution is 7.99. The lowest BCUT2D eigenvalue weighted by Crippen LogP contribution is -2.16. The van der Waals surface area contributed by atoms with Crippen LogP contribution in [0.5, 0.6) is 0 Å². The topological polar surface area (TPSA) is 93.9 Å². The van der Waals surface area contributed by atoms with Crippen molar-refractivity contribution in [3.63, 3.8) is 0 Å². The Morgan fingerprint density at radius 3 is 2.62 bits per heavy atom. The molecule has 4 rings (SSSR count). The van der Waals surface area contributed by atoms with E-state index in [1.165, 1.54) is 17.3 Å². The molecule has 168 valence electrons. The lowest BCUT2D eigenvalue weighted by molar-refractivity contribution is -0.113. The third-order valence-electron chi connectivity index (χ3n) is 5.58. The van der Waals surface area contributed by atoms with Crippen LogP contribution in [0, 0.1) is 5.92 Å². The highest BCUT2D eigenvalue weighted by Gasteiger charge is 2.29. The van der Waals surface area contributed by atoms with Gasteiger partial charge in [-0.3, -0.25) is 4.79 Å². The van der Waals surface area contributed by atoms with E-state index in [4.69, 9.17) is 0 Å². The lowest BCUT2D eigenvalue weighted by atomic mass is 10.0. The van der Waals surface area contributed by atoms with E-state index in [1.807, 2.05) is 54.1 Å². The van der Waals surface area contributed by atoms with Gasteiger partial charge in [-0.15, -0.1) is 10.2 Å². The van der Waals surface area contributed by atoms with Crippen LogP contribution in [-0.4, -0.2) is 46.3 Å². The number of carbonyl (C=O) groups is 1.